The van der Waals surface area contributed by atoms with Crippen LogP contribution in [0.5, 0.6) is 0 Å². The van der Waals surface area contributed by atoms with Gasteiger partial charge < -0.3 is 11.1 Å². The summed E-state index contributed by atoms with van der Waals surface area (Å²) in [6, 6.07) is 8.73. The Morgan fingerprint density at radius 2 is 2.00 bits per heavy atom. The first-order valence-corrected chi connectivity index (χ1v) is 7.64. The summed E-state index contributed by atoms with van der Waals surface area (Å²) in [6.07, 6.45) is 8.20. The van der Waals surface area contributed by atoms with Gasteiger partial charge in [0.25, 0.3) is 0 Å². The molecule has 1 aliphatic rings. The van der Waals surface area contributed by atoms with Gasteiger partial charge in [-0.3, -0.25) is 4.98 Å². The molecule has 0 amide bonds. The number of pyridine rings is 1. The second kappa shape index (κ2) is 5.70. The number of aromatic nitrogens is 1. The Bertz CT molecular complexity index is 594. The van der Waals surface area contributed by atoms with E-state index in [2.05, 4.69) is 23.3 Å². The van der Waals surface area contributed by atoms with E-state index in [1.165, 1.54) is 32.1 Å². The minimum absolute atomic E-state index is 0.535. The van der Waals surface area contributed by atoms with E-state index in [0.717, 1.165) is 28.2 Å². The number of fused-ring (bicyclic) bond motifs is 1. The molecule has 3 nitrogen and oxygen atoms in total. The second-order valence-corrected chi connectivity index (χ2v) is 6.06. The quantitative estimate of drug-likeness (QED) is 0.803. The molecule has 0 bridgehead atoms. The molecule has 3 heteroatoms. The zero-order valence-electron chi connectivity index (χ0n) is 12.1. The molecule has 1 aromatic heterocycles. The summed E-state index contributed by atoms with van der Waals surface area (Å²) in [4.78, 5) is 4.40. The van der Waals surface area contributed by atoms with Gasteiger partial charge in [-0.2, -0.15) is 0 Å². The number of anilines is 2. The molecule has 0 radical (unpaired) electrons. The van der Waals surface area contributed by atoms with Gasteiger partial charge in [0.05, 0.1) is 23.1 Å². The van der Waals surface area contributed by atoms with Crippen molar-refractivity contribution in [1.82, 2.24) is 4.98 Å². The lowest BCUT2D eigenvalue weighted by molar-refractivity contribution is 0.502. The standard InChI is InChI=1S/C17H23N3/c1-12-5-4-6-13(10-9-12)20-17-14-7-2-3-8-16(14)19-11-15(17)18/h2-3,7-8,11-13H,4-6,9-10,18H2,1H3,(H,19,20). The fraction of sp³-hybridized carbons (Fsp3) is 0.471. The molecule has 3 N–H and O–H groups in total. The summed E-state index contributed by atoms with van der Waals surface area (Å²) in [5.74, 6) is 0.855. The van der Waals surface area contributed by atoms with E-state index >= 15 is 0 Å². The first-order chi connectivity index (χ1) is 9.74. The van der Waals surface area contributed by atoms with Crippen molar-refractivity contribution in [2.45, 2.75) is 45.1 Å². The van der Waals surface area contributed by atoms with Gasteiger partial charge in [-0.05, 0) is 31.2 Å². The van der Waals surface area contributed by atoms with Crippen molar-refractivity contribution in [3.8, 4) is 0 Å². The molecule has 2 aromatic rings. The van der Waals surface area contributed by atoms with E-state index in [0.29, 0.717) is 6.04 Å². The number of nitrogens with one attached hydrogen (secondary N) is 1. The van der Waals surface area contributed by atoms with Crippen molar-refractivity contribution in [3.05, 3.63) is 30.5 Å². The Kier molecular flexibility index (Phi) is 3.77. The van der Waals surface area contributed by atoms with Crippen molar-refractivity contribution in [1.29, 1.82) is 0 Å². The van der Waals surface area contributed by atoms with Gasteiger partial charge in [0, 0.05) is 11.4 Å². The Labute approximate surface area is 120 Å². The van der Waals surface area contributed by atoms with E-state index in [1.807, 2.05) is 18.2 Å². The van der Waals surface area contributed by atoms with E-state index < -0.39 is 0 Å². The highest BCUT2D eigenvalue weighted by atomic mass is 14.9. The number of hydrogen-bond donors (Lipinski definition) is 2. The molecule has 1 heterocycles. The molecular formula is C17H23N3. The summed E-state index contributed by atoms with van der Waals surface area (Å²) in [5.41, 5.74) is 8.97. The first-order valence-electron chi connectivity index (χ1n) is 7.64. The third-order valence-electron chi connectivity index (χ3n) is 4.41. The minimum atomic E-state index is 0.535. The van der Waals surface area contributed by atoms with Crippen LogP contribution < -0.4 is 11.1 Å². The third-order valence-corrected chi connectivity index (χ3v) is 4.41. The van der Waals surface area contributed by atoms with Gasteiger partial charge in [-0.1, -0.05) is 38.0 Å². The third kappa shape index (κ3) is 2.72. The molecule has 1 aromatic carbocycles. The van der Waals surface area contributed by atoms with Gasteiger partial charge >= 0.3 is 0 Å². The Morgan fingerprint density at radius 3 is 2.90 bits per heavy atom. The lowest BCUT2D eigenvalue weighted by atomic mass is 10.0. The fourth-order valence-corrected chi connectivity index (χ4v) is 3.15. The SMILES string of the molecule is CC1CCCC(Nc2c(N)cnc3ccccc23)CC1. The highest BCUT2D eigenvalue weighted by Crippen LogP contribution is 2.31. The number of benzene rings is 1. The van der Waals surface area contributed by atoms with Crippen LogP contribution in [0, 0.1) is 5.92 Å². The smallest absolute Gasteiger partial charge is 0.0743 e. The van der Waals surface area contributed by atoms with Crippen molar-refractivity contribution in [3.63, 3.8) is 0 Å². The Morgan fingerprint density at radius 1 is 1.15 bits per heavy atom. The molecule has 106 valence electrons. The molecule has 0 saturated heterocycles. The van der Waals surface area contributed by atoms with Crippen molar-refractivity contribution in [2.75, 3.05) is 11.1 Å². The van der Waals surface area contributed by atoms with Crippen LogP contribution in [0.1, 0.15) is 39.0 Å². The Hall–Kier alpha value is -1.77. The van der Waals surface area contributed by atoms with Crippen LogP contribution in [0.25, 0.3) is 10.9 Å². The molecule has 2 atom stereocenters. The maximum absolute atomic E-state index is 6.15. The van der Waals surface area contributed by atoms with Crippen LogP contribution in [0.4, 0.5) is 11.4 Å². The van der Waals surface area contributed by atoms with E-state index in [4.69, 9.17) is 5.73 Å². The van der Waals surface area contributed by atoms with Gasteiger partial charge in [-0.25, -0.2) is 0 Å². The van der Waals surface area contributed by atoms with Crippen molar-refractivity contribution >= 4 is 22.3 Å². The zero-order valence-corrected chi connectivity index (χ0v) is 12.1. The van der Waals surface area contributed by atoms with Crippen molar-refractivity contribution < 1.29 is 0 Å². The first kappa shape index (κ1) is 13.2. The van der Waals surface area contributed by atoms with Gasteiger partial charge in [0.1, 0.15) is 0 Å². The lowest BCUT2D eigenvalue weighted by Crippen LogP contribution is -2.19. The van der Waals surface area contributed by atoms with Crippen LogP contribution in [-0.2, 0) is 0 Å². The predicted octanol–water partition coefficient (Wildman–Crippen LogP) is 4.20. The number of nitrogens with zero attached hydrogens (tertiary/aromatic N) is 1. The number of nitrogens with two attached hydrogens (primary N) is 1. The monoisotopic (exact) mass is 269 g/mol. The van der Waals surface area contributed by atoms with Gasteiger partial charge in [-0.15, -0.1) is 0 Å². The van der Waals surface area contributed by atoms with E-state index in [1.54, 1.807) is 6.20 Å². The maximum Gasteiger partial charge on any atom is 0.0743 e. The number of rotatable bonds is 2. The summed E-state index contributed by atoms with van der Waals surface area (Å²) >= 11 is 0. The summed E-state index contributed by atoms with van der Waals surface area (Å²) in [5, 5.41) is 4.82. The molecule has 1 fully saturated rings. The number of para-hydroxylation sites is 1. The van der Waals surface area contributed by atoms with Crippen LogP contribution in [0.15, 0.2) is 30.5 Å². The number of hydrogen-bond acceptors (Lipinski definition) is 3. The molecule has 2 unspecified atom stereocenters. The summed E-state index contributed by atoms with van der Waals surface area (Å²) < 4.78 is 0. The second-order valence-electron chi connectivity index (χ2n) is 6.06. The molecular weight excluding hydrogens is 246 g/mol. The van der Waals surface area contributed by atoms with Crippen LogP contribution >= 0.6 is 0 Å². The predicted molar refractivity (Wildman–Crippen MR) is 85.8 cm³/mol. The van der Waals surface area contributed by atoms with E-state index in [9.17, 15) is 0 Å². The molecule has 1 saturated carbocycles. The highest BCUT2D eigenvalue weighted by molar-refractivity contribution is 5.96. The maximum atomic E-state index is 6.15. The molecule has 20 heavy (non-hydrogen) atoms. The normalized spacial score (nSPS) is 23.4. The van der Waals surface area contributed by atoms with Gasteiger partial charge in [0.2, 0.25) is 0 Å². The van der Waals surface area contributed by atoms with E-state index in [-0.39, 0.29) is 0 Å². The van der Waals surface area contributed by atoms with Crippen LogP contribution in [-0.4, -0.2) is 11.0 Å². The average molecular weight is 269 g/mol. The zero-order chi connectivity index (χ0) is 13.9. The number of nitrogen functional groups attached to an aromatic ring is 1. The fourth-order valence-electron chi connectivity index (χ4n) is 3.15. The minimum Gasteiger partial charge on any atom is -0.396 e. The molecule has 3 rings (SSSR count). The Balaban J connectivity index is 1.88. The molecule has 0 aliphatic heterocycles. The van der Waals surface area contributed by atoms with Crippen LogP contribution in [0.3, 0.4) is 0 Å². The molecule has 1 aliphatic carbocycles. The lowest BCUT2D eigenvalue weighted by Gasteiger charge is -2.20. The highest BCUT2D eigenvalue weighted by Gasteiger charge is 2.17. The molecule has 0 spiro atoms. The summed E-state index contributed by atoms with van der Waals surface area (Å²) in [7, 11) is 0. The summed E-state index contributed by atoms with van der Waals surface area (Å²) in [6.45, 7) is 2.36. The van der Waals surface area contributed by atoms with Crippen LogP contribution in [0.2, 0.25) is 0 Å². The van der Waals surface area contributed by atoms with Crippen molar-refractivity contribution in [2.24, 2.45) is 5.92 Å². The average Bonchev–Trinajstić information content (AvgIpc) is 2.67. The van der Waals surface area contributed by atoms with Gasteiger partial charge in [0.15, 0.2) is 0 Å². The largest absolute Gasteiger partial charge is 0.396 e. The topological polar surface area (TPSA) is 50.9 Å².